The highest BCUT2D eigenvalue weighted by molar-refractivity contribution is 5.85. The maximum absolute atomic E-state index is 13.1. The van der Waals surface area contributed by atoms with Crippen LogP contribution in [-0.2, 0) is 6.42 Å². The fourth-order valence-corrected chi connectivity index (χ4v) is 4.57. The van der Waals surface area contributed by atoms with E-state index in [1.54, 1.807) is 7.11 Å². The Morgan fingerprint density at radius 3 is 2.45 bits per heavy atom. The largest absolute Gasteiger partial charge is 0.497 e. The molecule has 1 saturated heterocycles. The van der Waals surface area contributed by atoms with Crippen molar-refractivity contribution in [3.05, 3.63) is 93.9 Å². The number of aromatic amines is 1. The molecule has 1 aliphatic heterocycles. The minimum atomic E-state index is -0.0549. The summed E-state index contributed by atoms with van der Waals surface area (Å²) in [6.07, 6.45) is 0.569. The van der Waals surface area contributed by atoms with Gasteiger partial charge in [-0.1, -0.05) is 48.5 Å². The van der Waals surface area contributed by atoms with Gasteiger partial charge < -0.3 is 14.5 Å². The zero-order valence-corrected chi connectivity index (χ0v) is 19.0. The topological polar surface area (TPSA) is 61.5 Å². The Morgan fingerprint density at radius 2 is 1.67 bits per heavy atom. The lowest BCUT2D eigenvalue weighted by molar-refractivity contribution is 0.414. The number of methoxy groups -OCH3 is 1. The summed E-state index contributed by atoms with van der Waals surface area (Å²) in [6.45, 7) is 5.23. The number of rotatable bonds is 5. The maximum Gasteiger partial charge on any atom is 0.256 e. The molecule has 0 bridgehead atoms. The molecule has 3 aromatic carbocycles. The molecule has 0 saturated carbocycles. The van der Waals surface area contributed by atoms with E-state index in [2.05, 4.69) is 51.2 Å². The molecule has 0 aliphatic carbocycles. The summed E-state index contributed by atoms with van der Waals surface area (Å²) >= 11 is 0. The molecule has 1 N–H and O–H groups in total. The minimum absolute atomic E-state index is 0.0549. The molecule has 2 heterocycles. The predicted molar refractivity (Wildman–Crippen MR) is 134 cm³/mol. The summed E-state index contributed by atoms with van der Waals surface area (Å²) in [7, 11) is 1.69. The first-order chi connectivity index (χ1) is 16.1. The minimum Gasteiger partial charge on any atom is -0.497 e. The number of fused-ring (bicyclic) bond motifs is 1. The van der Waals surface area contributed by atoms with Crippen LogP contribution in [0.15, 0.2) is 71.5 Å². The quantitative estimate of drug-likeness (QED) is 0.505. The molecular weight excluding hydrogens is 412 g/mol. The molecule has 0 unspecified atom stereocenters. The number of nitrogens with one attached hydrogen (secondary N) is 1. The van der Waals surface area contributed by atoms with Gasteiger partial charge in [0.15, 0.2) is 0 Å². The van der Waals surface area contributed by atoms with E-state index in [1.807, 2.05) is 37.3 Å². The van der Waals surface area contributed by atoms with Crippen molar-refractivity contribution >= 4 is 22.4 Å². The number of nitrogens with zero attached hydrogens (tertiary/aromatic N) is 3. The molecule has 6 nitrogen and oxygen atoms in total. The number of piperazine rings is 1. The van der Waals surface area contributed by atoms with Crippen molar-refractivity contribution in [1.29, 1.82) is 0 Å². The average Bonchev–Trinajstić information content (AvgIpc) is 2.86. The van der Waals surface area contributed by atoms with Crippen molar-refractivity contribution < 1.29 is 4.74 Å². The van der Waals surface area contributed by atoms with Crippen molar-refractivity contribution in [2.24, 2.45) is 0 Å². The van der Waals surface area contributed by atoms with E-state index in [4.69, 9.17) is 9.72 Å². The highest BCUT2D eigenvalue weighted by Gasteiger charge is 2.21. The highest BCUT2D eigenvalue weighted by Crippen LogP contribution is 2.24. The SMILES string of the molecule is COc1cccc(N2CCN(c3nc(C)c(Cc4cccc5ccccc45)c(=O)[nH]3)CC2)c1. The summed E-state index contributed by atoms with van der Waals surface area (Å²) in [6, 6.07) is 22.6. The van der Waals surface area contributed by atoms with Gasteiger partial charge in [0.05, 0.1) is 12.8 Å². The van der Waals surface area contributed by atoms with Gasteiger partial charge in [-0.05, 0) is 35.4 Å². The third-order valence-electron chi connectivity index (χ3n) is 6.45. The highest BCUT2D eigenvalue weighted by atomic mass is 16.5. The Hall–Kier alpha value is -3.80. The van der Waals surface area contributed by atoms with Crippen LogP contribution in [0.4, 0.5) is 11.6 Å². The van der Waals surface area contributed by atoms with Crippen LogP contribution in [0.1, 0.15) is 16.8 Å². The molecule has 1 aliphatic rings. The van der Waals surface area contributed by atoms with Gasteiger partial charge in [-0.2, -0.15) is 0 Å². The number of hydrogen-bond donors (Lipinski definition) is 1. The van der Waals surface area contributed by atoms with Gasteiger partial charge in [0, 0.05) is 49.9 Å². The first-order valence-electron chi connectivity index (χ1n) is 11.3. The fraction of sp³-hybridized carbons (Fsp3) is 0.259. The number of H-pyrrole nitrogens is 1. The van der Waals surface area contributed by atoms with Crippen LogP contribution >= 0.6 is 0 Å². The molecule has 0 amide bonds. The lowest BCUT2D eigenvalue weighted by atomic mass is 9.98. The van der Waals surface area contributed by atoms with Crippen molar-refractivity contribution in [1.82, 2.24) is 9.97 Å². The zero-order chi connectivity index (χ0) is 22.8. The van der Waals surface area contributed by atoms with Gasteiger partial charge in [0.25, 0.3) is 5.56 Å². The Kier molecular flexibility index (Phi) is 5.73. The van der Waals surface area contributed by atoms with E-state index < -0.39 is 0 Å². The van der Waals surface area contributed by atoms with Gasteiger partial charge in [-0.25, -0.2) is 4.98 Å². The van der Waals surface area contributed by atoms with Crippen LogP contribution in [0.3, 0.4) is 0 Å². The van der Waals surface area contributed by atoms with Crippen molar-refractivity contribution in [3.8, 4) is 5.75 Å². The standard InChI is InChI=1S/C27H28N4O2/c1-19-25(17-21-9-5-8-20-7-3-4-12-24(20)21)26(32)29-27(28-19)31-15-13-30(14-16-31)22-10-6-11-23(18-22)33-2/h3-12,18H,13-17H2,1-2H3,(H,28,29,32). The van der Waals surface area contributed by atoms with Crippen molar-refractivity contribution in [3.63, 3.8) is 0 Å². The summed E-state index contributed by atoms with van der Waals surface area (Å²) in [4.78, 5) is 25.4. The van der Waals surface area contributed by atoms with E-state index in [0.29, 0.717) is 12.4 Å². The summed E-state index contributed by atoms with van der Waals surface area (Å²) in [5, 5.41) is 2.36. The second kappa shape index (κ2) is 8.98. The molecule has 6 heteroatoms. The lowest BCUT2D eigenvalue weighted by Gasteiger charge is -2.36. The predicted octanol–water partition coefficient (Wildman–Crippen LogP) is 4.16. The van der Waals surface area contributed by atoms with Crippen LogP contribution < -0.4 is 20.1 Å². The van der Waals surface area contributed by atoms with Gasteiger partial charge in [-0.15, -0.1) is 0 Å². The monoisotopic (exact) mass is 440 g/mol. The average molecular weight is 441 g/mol. The number of hydrogen-bond acceptors (Lipinski definition) is 5. The van der Waals surface area contributed by atoms with Gasteiger partial charge in [-0.3, -0.25) is 9.78 Å². The summed E-state index contributed by atoms with van der Waals surface area (Å²) in [5.74, 6) is 1.52. The Morgan fingerprint density at radius 1 is 0.939 bits per heavy atom. The van der Waals surface area contributed by atoms with Gasteiger partial charge in [0.1, 0.15) is 5.75 Å². The Bertz CT molecular complexity index is 1330. The second-order valence-corrected chi connectivity index (χ2v) is 8.44. The number of ether oxygens (including phenoxy) is 1. The molecule has 33 heavy (non-hydrogen) atoms. The number of aromatic nitrogens is 2. The molecule has 0 spiro atoms. The number of benzene rings is 3. The molecule has 1 aromatic heterocycles. The van der Waals surface area contributed by atoms with E-state index >= 15 is 0 Å². The van der Waals surface area contributed by atoms with E-state index in [9.17, 15) is 4.79 Å². The first kappa shape index (κ1) is 21.1. The lowest BCUT2D eigenvalue weighted by Crippen LogP contribution is -2.47. The summed E-state index contributed by atoms with van der Waals surface area (Å²) in [5.41, 5.74) is 3.75. The molecular formula is C27H28N4O2. The smallest absolute Gasteiger partial charge is 0.256 e. The Balaban J connectivity index is 1.33. The molecule has 0 radical (unpaired) electrons. The Labute approximate surface area is 193 Å². The van der Waals surface area contributed by atoms with E-state index in [0.717, 1.165) is 54.4 Å². The molecule has 0 atom stereocenters. The number of aryl methyl sites for hydroxylation is 1. The van der Waals surface area contributed by atoms with Crippen LogP contribution in [0.5, 0.6) is 5.75 Å². The fourth-order valence-electron chi connectivity index (χ4n) is 4.57. The maximum atomic E-state index is 13.1. The third kappa shape index (κ3) is 4.29. The molecule has 168 valence electrons. The van der Waals surface area contributed by atoms with E-state index in [-0.39, 0.29) is 5.56 Å². The normalized spacial score (nSPS) is 14.0. The van der Waals surface area contributed by atoms with E-state index in [1.165, 1.54) is 10.8 Å². The van der Waals surface area contributed by atoms with Crippen LogP contribution in [0.2, 0.25) is 0 Å². The van der Waals surface area contributed by atoms with Crippen LogP contribution in [-0.4, -0.2) is 43.3 Å². The second-order valence-electron chi connectivity index (χ2n) is 8.44. The van der Waals surface area contributed by atoms with Gasteiger partial charge >= 0.3 is 0 Å². The number of anilines is 2. The first-order valence-corrected chi connectivity index (χ1v) is 11.3. The summed E-state index contributed by atoms with van der Waals surface area (Å²) < 4.78 is 5.35. The molecule has 4 aromatic rings. The van der Waals surface area contributed by atoms with Crippen LogP contribution in [0, 0.1) is 6.92 Å². The molecule has 1 fully saturated rings. The third-order valence-corrected chi connectivity index (χ3v) is 6.45. The molecule has 5 rings (SSSR count). The van der Waals surface area contributed by atoms with Crippen LogP contribution in [0.25, 0.3) is 10.8 Å². The van der Waals surface area contributed by atoms with Gasteiger partial charge in [0.2, 0.25) is 5.95 Å². The van der Waals surface area contributed by atoms with Crippen molar-refractivity contribution in [2.45, 2.75) is 13.3 Å². The zero-order valence-electron chi connectivity index (χ0n) is 19.0. The van der Waals surface area contributed by atoms with Crippen molar-refractivity contribution in [2.75, 3.05) is 43.1 Å².